The quantitative estimate of drug-likeness (QED) is 0.709. The molecule has 1 heterocycles. The molecule has 0 spiro atoms. The second-order valence-electron chi connectivity index (χ2n) is 7.22. The van der Waals surface area contributed by atoms with Gasteiger partial charge in [0.15, 0.2) is 0 Å². The number of fused-ring (bicyclic) bond motifs is 1. The molecule has 3 rings (SSSR count). The maximum Gasteiger partial charge on any atom is 0.416 e. The molecule has 0 atom stereocenters. The van der Waals surface area contributed by atoms with Gasteiger partial charge in [-0.25, -0.2) is 0 Å². The van der Waals surface area contributed by atoms with Crippen molar-refractivity contribution in [1.29, 1.82) is 0 Å². The van der Waals surface area contributed by atoms with Gasteiger partial charge in [0.05, 0.1) is 12.1 Å². The highest BCUT2D eigenvalue weighted by molar-refractivity contribution is 5.85. The second-order valence-corrected chi connectivity index (χ2v) is 7.22. The van der Waals surface area contributed by atoms with Crippen molar-refractivity contribution < 1.29 is 18.0 Å². The molecule has 1 saturated carbocycles. The molecule has 0 bridgehead atoms. The summed E-state index contributed by atoms with van der Waals surface area (Å²) < 4.78 is 39.8. The summed E-state index contributed by atoms with van der Waals surface area (Å²) in [5, 5.41) is 3.36. The minimum atomic E-state index is -4.37. The Balaban J connectivity index is 0.00000117. The van der Waals surface area contributed by atoms with E-state index in [1.807, 2.05) is 20.8 Å². The van der Waals surface area contributed by atoms with E-state index in [-0.39, 0.29) is 22.8 Å². The van der Waals surface area contributed by atoms with Crippen molar-refractivity contribution in [2.75, 3.05) is 0 Å². The number of hydrogen-bond donors (Lipinski definition) is 2. The minimum Gasteiger partial charge on any atom is -0.357 e. The third-order valence-electron chi connectivity index (χ3n) is 4.76. The number of aromatic nitrogens is 1. The van der Waals surface area contributed by atoms with E-state index in [9.17, 15) is 18.0 Å². The lowest BCUT2D eigenvalue weighted by atomic mass is 9.95. The molecule has 1 fully saturated rings. The number of aromatic amines is 1. The molecular weight excluding hydrogens is 341 g/mol. The summed E-state index contributed by atoms with van der Waals surface area (Å²) in [5.41, 5.74) is 0.786. The molecule has 6 heteroatoms. The Labute approximate surface area is 152 Å². The summed E-state index contributed by atoms with van der Waals surface area (Å²) in [5.74, 6) is -0.229. The van der Waals surface area contributed by atoms with Crippen LogP contribution in [-0.4, -0.2) is 10.9 Å². The number of nitrogens with one attached hydrogen (secondary N) is 2. The predicted molar refractivity (Wildman–Crippen MR) is 97.9 cm³/mol. The number of carbonyl (C=O) groups excluding carboxylic acids is 1. The summed E-state index contributed by atoms with van der Waals surface area (Å²) in [6, 6.07) is 4.43. The molecule has 1 aromatic carbocycles. The van der Waals surface area contributed by atoms with Crippen molar-refractivity contribution in [3.05, 3.63) is 35.0 Å². The summed E-state index contributed by atoms with van der Waals surface area (Å²) >= 11 is 0. The van der Waals surface area contributed by atoms with Crippen molar-refractivity contribution in [3.63, 3.8) is 0 Å². The number of benzene rings is 1. The van der Waals surface area contributed by atoms with Gasteiger partial charge in [-0.05, 0) is 42.5 Å². The third-order valence-corrected chi connectivity index (χ3v) is 4.76. The molecule has 0 unspecified atom stereocenters. The molecule has 0 aliphatic heterocycles. The first-order valence-corrected chi connectivity index (χ1v) is 9.11. The van der Waals surface area contributed by atoms with E-state index < -0.39 is 11.7 Å². The zero-order valence-corrected chi connectivity index (χ0v) is 16.0. The Morgan fingerprint density at radius 3 is 2.35 bits per heavy atom. The normalized spacial score (nSPS) is 15.6. The van der Waals surface area contributed by atoms with Crippen LogP contribution in [-0.2, 0) is 17.5 Å². The Bertz CT molecular complexity index is 786. The molecule has 1 aliphatic rings. The van der Waals surface area contributed by atoms with Gasteiger partial charge in [-0.1, -0.05) is 34.6 Å². The lowest BCUT2D eigenvalue weighted by Gasteiger charge is -2.15. The summed E-state index contributed by atoms with van der Waals surface area (Å²) in [6.07, 6.45) is -2.60. The highest BCUT2D eigenvalue weighted by Crippen LogP contribution is 2.45. The van der Waals surface area contributed by atoms with E-state index in [0.29, 0.717) is 23.1 Å². The average molecular weight is 368 g/mol. The van der Waals surface area contributed by atoms with Gasteiger partial charge in [0.1, 0.15) is 0 Å². The van der Waals surface area contributed by atoms with Crippen LogP contribution in [0.2, 0.25) is 0 Å². The molecule has 1 aromatic heterocycles. The van der Waals surface area contributed by atoms with E-state index in [1.165, 1.54) is 6.07 Å². The lowest BCUT2D eigenvalue weighted by molar-refractivity contribution is -0.138. The van der Waals surface area contributed by atoms with Gasteiger partial charge in [-0.3, -0.25) is 4.79 Å². The van der Waals surface area contributed by atoms with E-state index in [4.69, 9.17) is 0 Å². The van der Waals surface area contributed by atoms with Gasteiger partial charge in [-0.15, -0.1) is 0 Å². The molecule has 144 valence electrons. The van der Waals surface area contributed by atoms with E-state index in [2.05, 4.69) is 10.3 Å². The molecule has 2 aromatic rings. The van der Waals surface area contributed by atoms with Gasteiger partial charge >= 0.3 is 6.18 Å². The Hall–Kier alpha value is -1.98. The zero-order chi connectivity index (χ0) is 19.7. The smallest absolute Gasteiger partial charge is 0.357 e. The fraction of sp³-hybridized carbons (Fsp3) is 0.550. The van der Waals surface area contributed by atoms with Crippen LogP contribution in [0.3, 0.4) is 0 Å². The molecule has 0 radical (unpaired) electrons. The molecule has 3 nitrogen and oxygen atoms in total. The van der Waals surface area contributed by atoms with E-state index in [0.717, 1.165) is 12.8 Å². The standard InChI is InChI=1S/C18H21F3N2O.C2H6/c1-10(2)13-8-15-11(7-14(13)18(19,20)21)6-12(23-15)9-22-16(24)17(3)4-5-17;1-2/h6-8,10,23H,4-5,9H2,1-3H3,(H,22,24);1-2H3. The van der Waals surface area contributed by atoms with Crippen molar-refractivity contribution in [2.45, 2.75) is 66.1 Å². The second kappa shape index (κ2) is 7.33. The van der Waals surface area contributed by atoms with Gasteiger partial charge in [-0.2, -0.15) is 13.2 Å². The first-order valence-electron chi connectivity index (χ1n) is 9.11. The van der Waals surface area contributed by atoms with Gasteiger partial charge < -0.3 is 10.3 Å². The zero-order valence-electron chi connectivity index (χ0n) is 16.0. The Morgan fingerprint density at radius 2 is 1.85 bits per heavy atom. The predicted octanol–water partition coefficient (Wildman–Crippen LogP) is 5.75. The number of alkyl halides is 3. The van der Waals surface area contributed by atoms with Crippen LogP contribution in [0.15, 0.2) is 18.2 Å². The molecule has 2 N–H and O–H groups in total. The first-order chi connectivity index (χ1) is 12.1. The summed E-state index contributed by atoms with van der Waals surface area (Å²) in [6.45, 7) is 9.70. The van der Waals surface area contributed by atoms with E-state index in [1.54, 1.807) is 26.0 Å². The van der Waals surface area contributed by atoms with Crippen LogP contribution >= 0.6 is 0 Å². The fourth-order valence-corrected chi connectivity index (χ4v) is 2.88. The first kappa shape index (κ1) is 20.3. The SMILES string of the molecule is CC.CC(C)c1cc2[nH]c(CNC(=O)C3(C)CC3)cc2cc1C(F)(F)F. The maximum absolute atomic E-state index is 13.3. The molecule has 1 amide bonds. The monoisotopic (exact) mass is 368 g/mol. The Kier molecular flexibility index (Phi) is 5.73. The van der Waals surface area contributed by atoms with Gasteiger partial charge in [0.2, 0.25) is 5.91 Å². The maximum atomic E-state index is 13.3. The van der Waals surface area contributed by atoms with E-state index >= 15 is 0 Å². The van der Waals surface area contributed by atoms with Crippen LogP contribution in [0, 0.1) is 5.41 Å². The van der Waals surface area contributed by atoms with Crippen molar-refractivity contribution in [3.8, 4) is 0 Å². The van der Waals surface area contributed by atoms with Crippen LogP contribution in [0.25, 0.3) is 10.9 Å². The average Bonchev–Trinajstić information content (AvgIpc) is 3.20. The fourth-order valence-electron chi connectivity index (χ4n) is 2.88. The number of H-pyrrole nitrogens is 1. The number of halogens is 3. The van der Waals surface area contributed by atoms with Crippen molar-refractivity contribution >= 4 is 16.8 Å². The molecule has 1 aliphatic carbocycles. The highest BCUT2D eigenvalue weighted by atomic mass is 19.4. The van der Waals surface area contributed by atoms with Crippen molar-refractivity contribution in [1.82, 2.24) is 10.3 Å². The molecule has 0 saturated heterocycles. The highest BCUT2D eigenvalue weighted by Gasteiger charge is 2.44. The van der Waals surface area contributed by atoms with Crippen LogP contribution in [0.4, 0.5) is 13.2 Å². The number of hydrogen-bond acceptors (Lipinski definition) is 1. The largest absolute Gasteiger partial charge is 0.416 e. The van der Waals surface area contributed by atoms with Crippen molar-refractivity contribution in [2.24, 2.45) is 5.41 Å². The third kappa shape index (κ3) is 4.22. The van der Waals surface area contributed by atoms with Crippen LogP contribution in [0.1, 0.15) is 70.2 Å². The summed E-state index contributed by atoms with van der Waals surface area (Å²) in [4.78, 5) is 15.1. The summed E-state index contributed by atoms with van der Waals surface area (Å²) in [7, 11) is 0. The molecule has 26 heavy (non-hydrogen) atoms. The number of carbonyl (C=O) groups is 1. The van der Waals surface area contributed by atoms with Crippen LogP contribution in [0.5, 0.6) is 0 Å². The van der Waals surface area contributed by atoms with Gasteiger partial charge in [0.25, 0.3) is 0 Å². The lowest BCUT2D eigenvalue weighted by Crippen LogP contribution is -2.29. The van der Waals surface area contributed by atoms with Crippen LogP contribution < -0.4 is 5.32 Å². The van der Waals surface area contributed by atoms with Gasteiger partial charge in [0, 0.05) is 22.0 Å². The Morgan fingerprint density at radius 1 is 1.23 bits per heavy atom. The number of rotatable bonds is 4. The topological polar surface area (TPSA) is 44.9 Å². The molecular formula is C20H27F3N2O. The minimum absolute atomic E-state index is 0.00000567. The number of amides is 1.